The molecule has 0 bridgehead atoms. The van der Waals surface area contributed by atoms with Crippen molar-refractivity contribution in [3.8, 4) is 11.5 Å². The fraction of sp³-hybridized carbons (Fsp3) is 0.0455. The van der Waals surface area contributed by atoms with Crippen molar-refractivity contribution in [2.24, 2.45) is 0 Å². The molecule has 1 heterocycles. The number of hydrogen-bond donors (Lipinski definition) is 2. The average molecular weight is 555 g/mol. The van der Waals surface area contributed by atoms with Crippen molar-refractivity contribution in [3.63, 3.8) is 0 Å². The molecule has 0 amide bonds. The number of sulfone groups is 1. The third kappa shape index (κ3) is 4.49. The third-order valence-electron chi connectivity index (χ3n) is 4.66. The first kappa shape index (κ1) is 22.7. The van der Waals surface area contributed by atoms with Crippen molar-refractivity contribution in [1.29, 1.82) is 0 Å². The second-order valence-electron chi connectivity index (χ2n) is 6.88. The van der Waals surface area contributed by atoms with Crippen LogP contribution in [0.2, 0.25) is 10.0 Å². The summed E-state index contributed by atoms with van der Waals surface area (Å²) in [7, 11) is -3.80. The van der Waals surface area contributed by atoms with E-state index in [9.17, 15) is 13.2 Å². The highest BCUT2D eigenvalue weighted by Crippen LogP contribution is 2.39. The van der Waals surface area contributed by atoms with Gasteiger partial charge >= 0.3 is 5.97 Å². The number of halogens is 3. The Balaban J connectivity index is 1.72. The molecule has 0 unspecified atom stereocenters. The summed E-state index contributed by atoms with van der Waals surface area (Å²) in [6, 6.07) is 14.0. The molecule has 3 aromatic carbocycles. The van der Waals surface area contributed by atoms with Crippen molar-refractivity contribution >= 4 is 65.8 Å². The van der Waals surface area contributed by atoms with Gasteiger partial charge in [0.15, 0.2) is 5.75 Å². The summed E-state index contributed by atoms with van der Waals surface area (Å²) in [5, 5.41) is 10.1. The van der Waals surface area contributed by atoms with Crippen LogP contribution in [0.4, 0.5) is 0 Å². The minimum absolute atomic E-state index is 0.0993. The van der Waals surface area contributed by atoms with E-state index in [1.165, 1.54) is 36.5 Å². The van der Waals surface area contributed by atoms with Crippen LogP contribution in [0, 0.1) is 0 Å². The van der Waals surface area contributed by atoms with Gasteiger partial charge < -0.3 is 14.8 Å². The van der Waals surface area contributed by atoms with E-state index >= 15 is 0 Å². The van der Waals surface area contributed by atoms with Gasteiger partial charge in [-0.2, -0.15) is 0 Å². The van der Waals surface area contributed by atoms with Crippen molar-refractivity contribution in [2.45, 2.75) is 16.2 Å². The Bertz CT molecular complexity index is 1430. The first-order chi connectivity index (χ1) is 15.1. The van der Waals surface area contributed by atoms with Gasteiger partial charge in [0.05, 0.1) is 25.7 Å². The lowest BCUT2D eigenvalue weighted by Gasteiger charge is -2.12. The van der Waals surface area contributed by atoms with E-state index in [0.717, 1.165) is 0 Å². The molecule has 4 rings (SSSR count). The predicted molar refractivity (Wildman–Crippen MR) is 126 cm³/mol. The summed E-state index contributed by atoms with van der Waals surface area (Å²) >= 11 is 15.5. The van der Waals surface area contributed by atoms with Crippen LogP contribution in [-0.4, -0.2) is 24.5 Å². The monoisotopic (exact) mass is 553 g/mol. The number of nitrogens with one attached hydrogen (secondary N) is 1. The molecule has 0 aliphatic rings. The van der Waals surface area contributed by atoms with Crippen LogP contribution in [0.5, 0.6) is 11.5 Å². The number of aromatic amines is 1. The Kier molecular flexibility index (Phi) is 6.22. The summed E-state index contributed by atoms with van der Waals surface area (Å²) in [6.07, 6.45) is 1.25. The van der Waals surface area contributed by atoms with Crippen LogP contribution in [0.3, 0.4) is 0 Å². The third-order valence-corrected chi connectivity index (χ3v) is 7.59. The van der Waals surface area contributed by atoms with Gasteiger partial charge in [-0.3, -0.25) is 4.79 Å². The second kappa shape index (κ2) is 8.78. The highest BCUT2D eigenvalue weighted by molar-refractivity contribution is 9.10. The van der Waals surface area contributed by atoms with Gasteiger partial charge in [0.2, 0.25) is 9.84 Å². The molecule has 0 aliphatic heterocycles. The molecule has 4 aromatic rings. The van der Waals surface area contributed by atoms with Crippen LogP contribution in [0.25, 0.3) is 10.9 Å². The lowest BCUT2D eigenvalue weighted by atomic mass is 10.1. The van der Waals surface area contributed by atoms with E-state index in [0.29, 0.717) is 31.7 Å². The smallest absolute Gasteiger partial charge is 0.307 e. The van der Waals surface area contributed by atoms with Gasteiger partial charge in [-0.25, -0.2) is 8.42 Å². The summed E-state index contributed by atoms with van der Waals surface area (Å²) in [4.78, 5) is 14.1. The molecule has 0 saturated carbocycles. The number of H-pyrrole nitrogens is 1. The fourth-order valence-corrected chi connectivity index (χ4v) is 5.74. The number of aromatic nitrogens is 1. The maximum atomic E-state index is 13.1. The normalized spacial score (nSPS) is 11.6. The first-order valence-electron chi connectivity index (χ1n) is 9.14. The van der Waals surface area contributed by atoms with E-state index in [4.69, 9.17) is 33.0 Å². The van der Waals surface area contributed by atoms with Crippen LogP contribution in [-0.2, 0) is 21.1 Å². The Morgan fingerprint density at radius 2 is 1.78 bits per heavy atom. The largest absolute Gasteiger partial charge is 0.481 e. The number of ether oxygens (including phenoxy) is 1. The molecule has 2 N–H and O–H groups in total. The number of carbonyl (C=O) groups is 1. The Morgan fingerprint density at radius 1 is 1.06 bits per heavy atom. The zero-order chi connectivity index (χ0) is 23.0. The van der Waals surface area contributed by atoms with Gasteiger partial charge in [-0.1, -0.05) is 23.2 Å². The molecule has 10 heteroatoms. The molecular weight excluding hydrogens is 541 g/mol. The number of carboxylic acids is 1. The van der Waals surface area contributed by atoms with Crippen LogP contribution in [0.1, 0.15) is 5.56 Å². The van der Waals surface area contributed by atoms with Gasteiger partial charge in [-0.05, 0) is 76.1 Å². The standard InChI is InChI=1S/C22H14BrCl2NO5S/c23-17-7-12(9-21(27)28)8-18(25)22(17)31-14-3-6-19-16(10-14)20(11-26-19)32(29,30)15-4-1-13(24)2-5-15/h1-8,10-11,26H,9H2,(H,27,28). The number of hydrogen-bond acceptors (Lipinski definition) is 4. The second-order valence-corrected chi connectivity index (χ2v) is 10.5. The highest BCUT2D eigenvalue weighted by Gasteiger charge is 2.22. The molecule has 0 radical (unpaired) electrons. The van der Waals surface area contributed by atoms with Crippen molar-refractivity contribution in [3.05, 3.63) is 80.9 Å². The number of aliphatic carboxylic acids is 1. The summed E-state index contributed by atoms with van der Waals surface area (Å²) in [6.45, 7) is 0. The zero-order valence-electron chi connectivity index (χ0n) is 16.1. The predicted octanol–water partition coefficient (Wildman–Crippen LogP) is 6.49. The lowest BCUT2D eigenvalue weighted by molar-refractivity contribution is -0.136. The molecule has 0 spiro atoms. The maximum absolute atomic E-state index is 13.1. The van der Waals surface area contributed by atoms with Crippen LogP contribution < -0.4 is 4.74 Å². The topological polar surface area (TPSA) is 96.5 Å². The summed E-state index contributed by atoms with van der Waals surface area (Å²) < 4.78 is 32.7. The Hall–Kier alpha value is -2.52. The van der Waals surface area contributed by atoms with E-state index in [1.54, 1.807) is 24.3 Å². The highest BCUT2D eigenvalue weighted by atomic mass is 79.9. The van der Waals surface area contributed by atoms with Crippen LogP contribution in [0.15, 0.2) is 75.1 Å². The first-order valence-corrected chi connectivity index (χ1v) is 12.2. The molecule has 6 nitrogen and oxygen atoms in total. The number of rotatable bonds is 6. The maximum Gasteiger partial charge on any atom is 0.307 e. The summed E-state index contributed by atoms with van der Waals surface area (Å²) in [5.41, 5.74) is 1.13. The summed E-state index contributed by atoms with van der Waals surface area (Å²) in [5.74, 6) is -0.329. The van der Waals surface area contributed by atoms with Gasteiger partial charge in [0.1, 0.15) is 5.75 Å². The van der Waals surface area contributed by atoms with E-state index in [2.05, 4.69) is 20.9 Å². The Labute approximate surface area is 201 Å². The molecular formula is C22H14BrCl2NO5S. The van der Waals surface area contributed by atoms with E-state index in [1.807, 2.05) is 0 Å². The van der Waals surface area contributed by atoms with Gasteiger partial charge in [-0.15, -0.1) is 0 Å². The fourth-order valence-electron chi connectivity index (χ4n) is 3.21. The van der Waals surface area contributed by atoms with Gasteiger partial charge in [0.25, 0.3) is 0 Å². The number of fused-ring (bicyclic) bond motifs is 1. The molecule has 0 atom stereocenters. The van der Waals surface area contributed by atoms with Crippen molar-refractivity contribution in [1.82, 2.24) is 4.98 Å². The minimum atomic E-state index is -3.80. The molecule has 0 fully saturated rings. The Morgan fingerprint density at radius 3 is 2.44 bits per heavy atom. The van der Waals surface area contributed by atoms with E-state index < -0.39 is 15.8 Å². The minimum Gasteiger partial charge on any atom is -0.481 e. The SMILES string of the molecule is O=C(O)Cc1cc(Cl)c(Oc2ccc3[nH]cc(S(=O)(=O)c4ccc(Cl)cc4)c3c2)c(Br)c1. The molecule has 164 valence electrons. The zero-order valence-corrected chi connectivity index (χ0v) is 20.0. The quantitative estimate of drug-likeness (QED) is 0.284. The van der Waals surface area contributed by atoms with Gasteiger partial charge in [0, 0.05) is 22.1 Å². The van der Waals surface area contributed by atoms with E-state index in [-0.39, 0.29) is 27.0 Å². The molecule has 32 heavy (non-hydrogen) atoms. The molecule has 1 aromatic heterocycles. The average Bonchev–Trinajstić information content (AvgIpc) is 3.15. The van der Waals surface area contributed by atoms with Crippen LogP contribution >= 0.6 is 39.1 Å². The molecule has 0 saturated heterocycles. The molecule has 0 aliphatic carbocycles. The van der Waals surface area contributed by atoms with Crippen molar-refractivity contribution < 1.29 is 23.1 Å². The lowest BCUT2D eigenvalue weighted by Crippen LogP contribution is -2.01. The van der Waals surface area contributed by atoms with Crippen molar-refractivity contribution in [2.75, 3.05) is 0 Å². The number of benzene rings is 3. The number of carboxylic acid groups (broad SMARTS) is 1.